The van der Waals surface area contributed by atoms with Gasteiger partial charge in [0, 0.05) is 16.1 Å². The molecule has 5 nitrogen and oxygen atoms in total. The molecule has 3 N–H and O–H groups in total. The molecule has 114 valence electrons. The highest BCUT2D eigenvalue weighted by Crippen LogP contribution is 2.42. The first-order valence-corrected chi connectivity index (χ1v) is 6.45. The molecule has 0 fully saturated rings. The van der Waals surface area contributed by atoms with Crippen molar-refractivity contribution in [1.29, 1.82) is 0 Å². The minimum Gasteiger partial charge on any atom is -0.504 e. The van der Waals surface area contributed by atoms with Crippen molar-refractivity contribution in [3.8, 4) is 11.5 Å². The number of methoxy groups -OCH3 is 2. The largest absolute Gasteiger partial charge is 0.504 e. The molecule has 1 rings (SSSR count). The zero-order valence-electron chi connectivity index (χ0n) is 11.8. The number of phenols is 1. The Kier molecular flexibility index (Phi) is 6.80. The number of esters is 1. The van der Waals surface area contributed by atoms with E-state index in [9.17, 15) is 9.90 Å². The van der Waals surface area contributed by atoms with Gasteiger partial charge in [-0.25, -0.2) is 0 Å². The van der Waals surface area contributed by atoms with E-state index >= 15 is 0 Å². The molecular formula is C13H19BrClNO4. The summed E-state index contributed by atoms with van der Waals surface area (Å²) in [4.78, 5) is 11.8. The predicted octanol–water partition coefficient (Wildman–Crippen LogP) is 2.78. The Hall–Kier alpha value is -0.980. The van der Waals surface area contributed by atoms with Crippen LogP contribution >= 0.6 is 28.3 Å². The number of carbonyl (C=O) groups is 1. The summed E-state index contributed by atoms with van der Waals surface area (Å²) in [6.45, 7) is 3.33. The van der Waals surface area contributed by atoms with E-state index in [0.717, 1.165) is 0 Å². The lowest BCUT2D eigenvalue weighted by Gasteiger charge is -2.29. The van der Waals surface area contributed by atoms with Crippen molar-refractivity contribution in [2.45, 2.75) is 19.9 Å². The zero-order valence-corrected chi connectivity index (χ0v) is 14.2. The van der Waals surface area contributed by atoms with E-state index in [1.165, 1.54) is 14.2 Å². The fourth-order valence-electron chi connectivity index (χ4n) is 1.77. The van der Waals surface area contributed by atoms with Crippen LogP contribution in [0.25, 0.3) is 0 Å². The van der Waals surface area contributed by atoms with E-state index in [0.29, 0.717) is 15.8 Å². The summed E-state index contributed by atoms with van der Waals surface area (Å²) in [6.07, 6.45) is 0. The van der Waals surface area contributed by atoms with Crippen molar-refractivity contribution in [3.05, 3.63) is 22.2 Å². The first kappa shape index (κ1) is 19.0. The molecule has 0 aliphatic heterocycles. The molecule has 0 radical (unpaired) electrons. The van der Waals surface area contributed by atoms with Crippen molar-refractivity contribution in [1.82, 2.24) is 0 Å². The minimum atomic E-state index is -0.974. The van der Waals surface area contributed by atoms with Crippen LogP contribution in [0.4, 0.5) is 0 Å². The quantitative estimate of drug-likeness (QED) is 0.799. The minimum absolute atomic E-state index is 0. The highest BCUT2D eigenvalue weighted by molar-refractivity contribution is 9.10. The molecule has 0 unspecified atom stereocenters. The van der Waals surface area contributed by atoms with E-state index in [1.54, 1.807) is 26.0 Å². The Labute approximate surface area is 133 Å². The lowest BCUT2D eigenvalue weighted by molar-refractivity contribution is -0.152. The van der Waals surface area contributed by atoms with Gasteiger partial charge in [0.25, 0.3) is 0 Å². The molecule has 0 aliphatic rings. The van der Waals surface area contributed by atoms with Gasteiger partial charge in [-0.05, 0) is 26.0 Å². The van der Waals surface area contributed by atoms with Crippen LogP contribution in [0, 0.1) is 5.41 Å². The smallest absolute Gasteiger partial charge is 0.313 e. The summed E-state index contributed by atoms with van der Waals surface area (Å²) < 4.78 is 10.5. The number of phenolic OH excluding ortho intramolecular Hbond substituents is 1. The number of nitrogens with two attached hydrogens (primary N) is 1. The summed E-state index contributed by atoms with van der Waals surface area (Å²) in [5.41, 5.74) is 5.55. The summed E-state index contributed by atoms with van der Waals surface area (Å²) in [7, 11) is 2.75. The van der Waals surface area contributed by atoms with Gasteiger partial charge in [-0.3, -0.25) is 4.79 Å². The number of ether oxygens (including phenoxy) is 2. The van der Waals surface area contributed by atoms with Crippen LogP contribution in [0.15, 0.2) is 16.6 Å². The lowest BCUT2D eigenvalue weighted by Crippen LogP contribution is -2.37. The maximum absolute atomic E-state index is 11.8. The number of aromatic hydroxyl groups is 1. The first-order valence-electron chi connectivity index (χ1n) is 5.66. The second kappa shape index (κ2) is 7.15. The predicted molar refractivity (Wildman–Crippen MR) is 82.3 cm³/mol. The molecule has 1 atom stereocenters. The average molecular weight is 369 g/mol. The SMILES string of the molecule is COC(=O)C(C)(C)[C@@H](N)c1cc(Br)cc(OC)c1O.Cl. The fourth-order valence-corrected chi connectivity index (χ4v) is 2.22. The van der Waals surface area contributed by atoms with E-state index in [2.05, 4.69) is 15.9 Å². The Balaban J connectivity index is 0.00000361. The number of hydrogen-bond acceptors (Lipinski definition) is 5. The molecule has 0 saturated carbocycles. The van der Waals surface area contributed by atoms with E-state index < -0.39 is 17.4 Å². The van der Waals surface area contributed by atoms with Crippen LogP contribution < -0.4 is 10.5 Å². The molecule has 0 amide bonds. The van der Waals surface area contributed by atoms with Gasteiger partial charge in [-0.1, -0.05) is 15.9 Å². The topological polar surface area (TPSA) is 81.8 Å². The Morgan fingerprint density at radius 2 is 1.95 bits per heavy atom. The number of hydrogen-bond donors (Lipinski definition) is 2. The molecular weight excluding hydrogens is 350 g/mol. The Morgan fingerprint density at radius 1 is 1.40 bits per heavy atom. The van der Waals surface area contributed by atoms with Crippen molar-refractivity contribution >= 4 is 34.3 Å². The van der Waals surface area contributed by atoms with Crippen molar-refractivity contribution in [2.24, 2.45) is 11.1 Å². The van der Waals surface area contributed by atoms with Crippen LogP contribution in [-0.4, -0.2) is 25.3 Å². The summed E-state index contributed by atoms with van der Waals surface area (Å²) >= 11 is 3.31. The Bertz CT molecular complexity index is 494. The van der Waals surface area contributed by atoms with Crippen molar-refractivity contribution < 1.29 is 19.4 Å². The summed E-state index contributed by atoms with van der Waals surface area (Å²) in [5, 5.41) is 10.1. The molecule has 0 aliphatic carbocycles. The third kappa shape index (κ3) is 3.56. The monoisotopic (exact) mass is 367 g/mol. The normalized spacial score (nSPS) is 12.3. The van der Waals surface area contributed by atoms with E-state index in [-0.39, 0.29) is 18.2 Å². The highest BCUT2D eigenvalue weighted by Gasteiger charge is 2.38. The van der Waals surface area contributed by atoms with Gasteiger partial charge in [0.15, 0.2) is 11.5 Å². The maximum Gasteiger partial charge on any atom is 0.313 e. The molecule has 1 aromatic rings. The van der Waals surface area contributed by atoms with Crippen molar-refractivity contribution in [2.75, 3.05) is 14.2 Å². The third-order valence-corrected chi connectivity index (χ3v) is 3.57. The second-order valence-electron chi connectivity index (χ2n) is 4.74. The lowest BCUT2D eigenvalue weighted by atomic mass is 9.80. The van der Waals surface area contributed by atoms with Crippen LogP contribution in [0.3, 0.4) is 0 Å². The first-order chi connectivity index (χ1) is 8.75. The average Bonchev–Trinajstić information content (AvgIpc) is 2.38. The Morgan fingerprint density at radius 3 is 2.40 bits per heavy atom. The van der Waals surface area contributed by atoms with Gasteiger partial charge < -0.3 is 20.3 Å². The molecule has 20 heavy (non-hydrogen) atoms. The maximum atomic E-state index is 11.8. The van der Waals surface area contributed by atoms with Gasteiger partial charge in [0.2, 0.25) is 0 Å². The summed E-state index contributed by atoms with van der Waals surface area (Å²) in [5.74, 6) is -0.228. The molecule has 0 aromatic heterocycles. The van der Waals surface area contributed by atoms with Crippen LogP contribution in [0.2, 0.25) is 0 Å². The van der Waals surface area contributed by atoms with E-state index in [4.69, 9.17) is 15.2 Å². The van der Waals surface area contributed by atoms with Crippen LogP contribution in [0.5, 0.6) is 11.5 Å². The molecule has 0 spiro atoms. The third-order valence-electron chi connectivity index (χ3n) is 3.11. The number of carbonyl (C=O) groups excluding carboxylic acids is 1. The molecule has 7 heteroatoms. The second-order valence-corrected chi connectivity index (χ2v) is 5.65. The van der Waals surface area contributed by atoms with Crippen molar-refractivity contribution in [3.63, 3.8) is 0 Å². The zero-order chi connectivity index (χ0) is 14.8. The van der Waals surface area contributed by atoms with Crippen LogP contribution in [0.1, 0.15) is 25.5 Å². The fraction of sp³-hybridized carbons (Fsp3) is 0.462. The van der Waals surface area contributed by atoms with Crippen LogP contribution in [-0.2, 0) is 9.53 Å². The standard InChI is InChI=1S/C13H18BrNO4.ClH/c1-13(2,12(17)19-4)11(15)8-5-7(14)6-9(18-3)10(8)16;/h5-6,11,16H,15H2,1-4H3;1H/t11-;/m0./s1. The van der Waals surface area contributed by atoms with Gasteiger partial charge in [0.05, 0.1) is 19.6 Å². The molecule has 0 saturated heterocycles. The molecule has 0 heterocycles. The van der Waals surface area contributed by atoms with Gasteiger partial charge >= 0.3 is 5.97 Å². The highest BCUT2D eigenvalue weighted by atomic mass is 79.9. The molecule has 1 aromatic carbocycles. The number of benzene rings is 1. The van der Waals surface area contributed by atoms with Gasteiger partial charge in [-0.2, -0.15) is 0 Å². The van der Waals surface area contributed by atoms with Gasteiger partial charge in [0.1, 0.15) is 0 Å². The number of rotatable bonds is 4. The molecule has 0 bridgehead atoms. The summed E-state index contributed by atoms with van der Waals surface area (Å²) in [6, 6.07) is 2.55. The van der Waals surface area contributed by atoms with E-state index in [1.807, 2.05) is 0 Å². The number of halogens is 2. The van der Waals surface area contributed by atoms with Gasteiger partial charge in [-0.15, -0.1) is 12.4 Å².